The number of unbranched alkanes of at least 4 members (excludes halogenated alkanes) is 2. The molecule has 0 saturated carbocycles. The summed E-state index contributed by atoms with van der Waals surface area (Å²) in [5, 5.41) is 11.6. The van der Waals surface area contributed by atoms with Crippen molar-refractivity contribution < 1.29 is 24.2 Å². The maximum absolute atomic E-state index is 13.4. The third kappa shape index (κ3) is 5.58. The Kier molecular flexibility index (Phi) is 8.83. The van der Waals surface area contributed by atoms with Crippen LogP contribution < -0.4 is 9.47 Å². The van der Waals surface area contributed by atoms with Gasteiger partial charge in [-0.2, -0.15) is 0 Å². The Labute approximate surface area is 214 Å². The second kappa shape index (κ2) is 11.6. The predicted octanol–water partition coefficient (Wildman–Crippen LogP) is 6.53. The number of amides is 1. The second-order valence-electron chi connectivity index (χ2n) is 10.0. The van der Waals surface area contributed by atoms with Crippen molar-refractivity contribution in [2.75, 3.05) is 13.7 Å². The highest BCUT2D eigenvalue weighted by atomic mass is 16.5. The van der Waals surface area contributed by atoms with E-state index in [1.165, 1.54) is 0 Å². The van der Waals surface area contributed by atoms with Gasteiger partial charge in [0.25, 0.3) is 11.7 Å². The standard InChI is InChI=1S/C30H39NO5/c1-8-9-10-14-31-27(21-12-11-13-22(16-21)36-19(4)5)26(29(33)30(31)34)28(32)24-17-23(18(2)3)25(35-7)15-20(24)6/h11-13,15-19,27,32H,8-10,14H2,1-7H3/b28-26+. The van der Waals surface area contributed by atoms with Gasteiger partial charge in [-0.05, 0) is 74.1 Å². The minimum absolute atomic E-state index is 0.0208. The maximum Gasteiger partial charge on any atom is 0.295 e. The van der Waals surface area contributed by atoms with E-state index < -0.39 is 17.7 Å². The van der Waals surface area contributed by atoms with Gasteiger partial charge in [-0.25, -0.2) is 0 Å². The van der Waals surface area contributed by atoms with Crippen LogP contribution >= 0.6 is 0 Å². The van der Waals surface area contributed by atoms with Crippen LogP contribution in [-0.4, -0.2) is 41.5 Å². The number of carbonyl (C=O) groups excluding carboxylic acids is 2. The Morgan fingerprint density at radius 2 is 1.81 bits per heavy atom. The summed E-state index contributed by atoms with van der Waals surface area (Å²) in [5.41, 5.74) is 3.07. The van der Waals surface area contributed by atoms with Crippen molar-refractivity contribution in [2.24, 2.45) is 0 Å². The highest BCUT2D eigenvalue weighted by Gasteiger charge is 2.46. The zero-order valence-electron chi connectivity index (χ0n) is 22.6. The quantitative estimate of drug-likeness (QED) is 0.176. The van der Waals surface area contributed by atoms with E-state index in [-0.39, 0.29) is 23.4 Å². The second-order valence-corrected chi connectivity index (χ2v) is 10.0. The Bertz CT molecular complexity index is 1150. The van der Waals surface area contributed by atoms with Crippen LogP contribution in [0.25, 0.3) is 5.76 Å². The molecular formula is C30H39NO5. The summed E-state index contributed by atoms with van der Waals surface area (Å²) in [4.78, 5) is 28.2. The molecule has 0 aliphatic carbocycles. The van der Waals surface area contributed by atoms with Crippen LogP contribution in [0, 0.1) is 6.92 Å². The first-order chi connectivity index (χ1) is 17.1. The summed E-state index contributed by atoms with van der Waals surface area (Å²) < 4.78 is 11.4. The molecule has 1 heterocycles. The average Bonchev–Trinajstić information content (AvgIpc) is 3.08. The molecule has 194 valence electrons. The van der Waals surface area contributed by atoms with E-state index in [9.17, 15) is 14.7 Å². The lowest BCUT2D eigenvalue weighted by Gasteiger charge is -2.26. The zero-order chi connectivity index (χ0) is 26.6. The van der Waals surface area contributed by atoms with Crippen molar-refractivity contribution in [1.82, 2.24) is 4.90 Å². The molecule has 1 amide bonds. The van der Waals surface area contributed by atoms with Gasteiger partial charge in [-0.1, -0.05) is 45.7 Å². The number of carbonyl (C=O) groups is 2. The summed E-state index contributed by atoms with van der Waals surface area (Å²) in [7, 11) is 1.62. The molecule has 0 spiro atoms. The van der Waals surface area contributed by atoms with Crippen molar-refractivity contribution in [3.05, 3.63) is 64.2 Å². The Balaban J connectivity index is 2.22. The van der Waals surface area contributed by atoms with Gasteiger partial charge >= 0.3 is 0 Å². The average molecular weight is 494 g/mol. The molecule has 1 unspecified atom stereocenters. The number of nitrogens with zero attached hydrogens (tertiary/aromatic N) is 1. The summed E-state index contributed by atoms with van der Waals surface area (Å²) in [5.74, 6) is 0.130. The van der Waals surface area contributed by atoms with Crippen LogP contribution in [0.5, 0.6) is 11.5 Å². The number of hydrogen-bond acceptors (Lipinski definition) is 5. The number of ether oxygens (including phenoxy) is 2. The van der Waals surface area contributed by atoms with E-state index in [1.807, 2.05) is 71.0 Å². The molecule has 0 bridgehead atoms. The normalized spacial score (nSPS) is 17.4. The largest absolute Gasteiger partial charge is 0.507 e. The molecule has 1 atom stereocenters. The topological polar surface area (TPSA) is 76.1 Å². The molecule has 1 N–H and O–H groups in total. The molecule has 0 radical (unpaired) electrons. The van der Waals surface area contributed by atoms with Crippen LogP contribution in [0.3, 0.4) is 0 Å². The fourth-order valence-corrected chi connectivity index (χ4v) is 4.75. The Morgan fingerprint density at radius 1 is 1.08 bits per heavy atom. The van der Waals surface area contributed by atoms with Crippen LogP contribution in [0.1, 0.15) is 88.1 Å². The van der Waals surface area contributed by atoms with Crippen molar-refractivity contribution in [1.29, 1.82) is 0 Å². The molecule has 1 saturated heterocycles. The first-order valence-electron chi connectivity index (χ1n) is 12.8. The van der Waals surface area contributed by atoms with Gasteiger partial charge in [0, 0.05) is 12.1 Å². The molecule has 6 nitrogen and oxygen atoms in total. The molecule has 6 heteroatoms. The fourth-order valence-electron chi connectivity index (χ4n) is 4.75. The molecular weight excluding hydrogens is 454 g/mol. The third-order valence-corrected chi connectivity index (χ3v) is 6.54. The highest BCUT2D eigenvalue weighted by Crippen LogP contribution is 2.42. The van der Waals surface area contributed by atoms with E-state index in [0.29, 0.717) is 17.9 Å². The number of aryl methyl sites for hydroxylation is 1. The van der Waals surface area contributed by atoms with Gasteiger partial charge in [0.15, 0.2) is 0 Å². The minimum atomic E-state index is -0.693. The minimum Gasteiger partial charge on any atom is -0.507 e. The number of rotatable bonds is 10. The summed E-state index contributed by atoms with van der Waals surface area (Å²) >= 11 is 0. The number of Topliss-reactive ketones (excluding diaryl/α,β-unsaturated/α-hetero) is 1. The summed E-state index contributed by atoms with van der Waals surface area (Å²) in [6.07, 6.45) is 2.70. The first-order valence-corrected chi connectivity index (χ1v) is 12.8. The molecule has 1 fully saturated rings. The van der Waals surface area contributed by atoms with Gasteiger partial charge in [-0.3, -0.25) is 9.59 Å². The van der Waals surface area contributed by atoms with E-state index in [4.69, 9.17) is 9.47 Å². The number of aliphatic hydroxyl groups is 1. The SMILES string of the molecule is CCCCCN1C(=O)C(=O)/C(=C(/O)c2cc(C(C)C)c(OC)cc2C)C1c1cccc(OC(C)C)c1. The van der Waals surface area contributed by atoms with Crippen LogP contribution in [0.15, 0.2) is 42.0 Å². The van der Waals surface area contributed by atoms with Crippen LogP contribution in [0.2, 0.25) is 0 Å². The predicted molar refractivity (Wildman–Crippen MR) is 143 cm³/mol. The van der Waals surface area contributed by atoms with Gasteiger partial charge in [0.1, 0.15) is 17.3 Å². The van der Waals surface area contributed by atoms with E-state index in [1.54, 1.807) is 12.0 Å². The maximum atomic E-state index is 13.4. The van der Waals surface area contributed by atoms with Gasteiger partial charge in [0.05, 0.1) is 24.8 Å². The number of benzene rings is 2. The lowest BCUT2D eigenvalue weighted by molar-refractivity contribution is -0.139. The van der Waals surface area contributed by atoms with Gasteiger partial charge < -0.3 is 19.5 Å². The summed E-state index contributed by atoms with van der Waals surface area (Å²) in [6.45, 7) is 12.4. The summed E-state index contributed by atoms with van der Waals surface area (Å²) in [6, 6.07) is 10.5. The van der Waals surface area contributed by atoms with Crippen molar-refractivity contribution in [3.8, 4) is 11.5 Å². The van der Waals surface area contributed by atoms with Gasteiger partial charge in [-0.15, -0.1) is 0 Å². The number of aliphatic hydroxyl groups excluding tert-OH is 1. The molecule has 2 aromatic rings. The number of methoxy groups -OCH3 is 1. The number of ketones is 1. The Morgan fingerprint density at radius 3 is 2.42 bits per heavy atom. The van der Waals surface area contributed by atoms with Crippen molar-refractivity contribution in [2.45, 2.75) is 78.9 Å². The molecule has 2 aromatic carbocycles. The van der Waals surface area contributed by atoms with Crippen LogP contribution in [-0.2, 0) is 9.59 Å². The molecule has 36 heavy (non-hydrogen) atoms. The lowest BCUT2D eigenvalue weighted by atomic mass is 9.91. The molecule has 3 rings (SSSR count). The fraction of sp³-hybridized carbons (Fsp3) is 0.467. The molecule has 1 aliphatic rings. The van der Waals surface area contributed by atoms with Crippen molar-refractivity contribution >= 4 is 17.4 Å². The number of hydrogen-bond donors (Lipinski definition) is 1. The van der Waals surface area contributed by atoms with Crippen molar-refractivity contribution in [3.63, 3.8) is 0 Å². The van der Waals surface area contributed by atoms with Gasteiger partial charge in [0.2, 0.25) is 0 Å². The third-order valence-electron chi connectivity index (χ3n) is 6.54. The zero-order valence-corrected chi connectivity index (χ0v) is 22.6. The lowest BCUT2D eigenvalue weighted by Crippen LogP contribution is -2.30. The number of likely N-dealkylation sites (tertiary alicyclic amines) is 1. The van der Waals surface area contributed by atoms with Crippen LogP contribution in [0.4, 0.5) is 0 Å². The van der Waals surface area contributed by atoms with E-state index in [2.05, 4.69) is 6.92 Å². The van der Waals surface area contributed by atoms with E-state index >= 15 is 0 Å². The monoisotopic (exact) mass is 493 g/mol. The Hall–Kier alpha value is -3.28. The van der Waals surface area contributed by atoms with E-state index in [0.717, 1.165) is 41.7 Å². The smallest absolute Gasteiger partial charge is 0.295 e. The first kappa shape index (κ1) is 27.3. The molecule has 0 aromatic heterocycles. The molecule has 1 aliphatic heterocycles. The highest BCUT2D eigenvalue weighted by molar-refractivity contribution is 6.46.